The third-order valence-corrected chi connectivity index (χ3v) is 3.96. The number of benzene rings is 1. The van der Waals surface area contributed by atoms with E-state index in [1.807, 2.05) is 6.07 Å². The number of nitrogens with zero attached hydrogens (tertiary/aromatic N) is 1. The second-order valence-corrected chi connectivity index (χ2v) is 5.45. The van der Waals surface area contributed by atoms with Crippen molar-refractivity contribution >= 4 is 6.21 Å². The number of aliphatic imine (C=N–C) groups is 1. The number of hydrogen-bond acceptors (Lipinski definition) is 2. The van der Waals surface area contributed by atoms with Crippen molar-refractivity contribution in [2.45, 2.75) is 44.6 Å². The first-order chi connectivity index (χ1) is 9.40. The smallest absolute Gasteiger partial charge is 0.0978 e. The molecular weight excluding hydrogens is 234 g/mol. The maximum Gasteiger partial charge on any atom is 0.0978 e. The zero-order valence-corrected chi connectivity index (χ0v) is 11.9. The molecule has 2 rings (SSSR count). The van der Waals surface area contributed by atoms with Gasteiger partial charge in [-0.25, -0.2) is 0 Å². The van der Waals surface area contributed by atoms with Crippen LogP contribution in [-0.4, -0.2) is 19.9 Å². The van der Waals surface area contributed by atoms with Crippen LogP contribution in [0.25, 0.3) is 0 Å². The molecule has 0 unspecified atom stereocenters. The van der Waals surface area contributed by atoms with Gasteiger partial charge in [-0.1, -0.05) is 62.4 Å². The summed E-state index contributed by atoms with van der Waals surface area (Å²) in [6, 6.07) is 10.6. The molecule has 2 nitrogen and oxygen atoms in total. The number of rotatable bonds is 6. The van der Waals surface area contributed by atoms with Crippen LogP contribution < -0.4 is 0 Å². The molecule has 1 atom stereocenters. The Balaban J connectivity index is 1.89. The summed E-state index contributed by atoms with van der Waals surface area (Å²) in [5.41, 5.74) is 1.24. The first-order valence-electron chi connectivity index (χ1n) is 7.45. The van der Waals surface area contributed by atoms with Crippen LogP contribution in [0.3, 0.4) is 0 Å². The molecule has 0 aromatic heterocycles. The van der Waals surface area contributed by atoms with Crippen molar-refractivity contribution in [2.75, 3.05) is 13.7 Å². The Labute approximate surface area is 116 Å². The van der Waals surface area contributed by atoms with Crippen LogP contribution in [0.1, 0.15) is 50.1 Å². The molecule has 0 amide bonds. The van der Waals surface area contributed by atoms with Crippen molar-refractivity contribution in [3.8, 4) is 0 Å². The molecule has 19 heavy (non-hydrogen) atoms. The zero-order valence-electron chi connectivity index (χ0n) is 11.9. The van der Waals surface area contributed by atoms with Crippen molar-refractivity contribution < 1.29 is 4.74 Å². The number of methoxy groups -OCH3 is 1. The lowest BCUT2D eigenvalue weighted by molar-refractivity contribution is 0.181. The molecule has 1 aromatic carbocycles. The summed E-state index contributed by atoms with van der Waals surface area (Å²) in [6.45, 7) is 0.658. The second-order valence-electron chi connectivity index (χ2n) is 5.45. The van der Waals surface area contributed by atoms with Gasteiger partial charge in [-0.15, -0.1) is 0 Å². The first kappa shape index (κ1) is 14.3. The van der Waals surface area contributed by atoms with E-state index < -0.39 is 0 Å². The minimum absolute atomic E-state index is 0.148. The van der Waals surface area contributed by atoms with Gasteiger partial charge < -0.3 is 4.74 Å². The van der Waals surface area contributed by atoms with Gasteiger partial charge in [0.05, 0.1) is 12.6 Å². The fourth-order valence-corrected chi connectivity index (χ4v) is 2.82. The van der Waals surface area contributed by atoms with Crippen LogP contribution in [0, 0.1) is 5.92 Å². The largest absolute Gasteiger partial charge is 0.382 e. The maximum atomic E-state index is 5.29. The Kier molecular flexibility index (Phi) is 6.09. The average Bonchev–Trinajstić information content (AvgIpc) is 2.48. The minimum Gasteiger partial charge on any atom is -0.382 e. The van der Waals surface area contributed by atoms with Crippen molar-refractivity contribution in [2.24, 2.45) is 10.9 Å². The van der Waals surface area contributed by atoms with E-state index in [2.05, 4.69) is 30.5 Å². The van der Waals surface area contributed by atoms with Crippen molar-refractivity contribution in [3.63, 3.8) is 0 Å². The molecule has 0 spiro atoms. The molecule has 1 aliphatic rings. The highest BCUT2D eigenvalue weighted by Gasteiger charge is 2.12. The molecule has 0 radical (unpaired) electrons. The lowest BCUT2D eigenvalue weighted by atomic mass is 9.87. The summed E-state index contributed by atoms with van der Waals surface area (Å²) in [6.07, 6.45) is 10.2. The van der Waals surface area contributed by atoms with Crippen LogP contribution in [0.5, 0.6) is 0 Å². The molecule has 0 heterocycles. The van der Waals surface area contributed by atoms with Gasteiger partial charge in [-0.3, -0.25) is 4.99 Å². The summed E-state index contributed by atoms with van der Waals surface area (Å²) < 4.78 is 5.29. The van der Waals surface area contributed by atoms with Gasteiger partial charge in [0.25, 0.3) is 0 Å². The topological polar surface area (TPSA) is 21.6 Å². The third-order valence-electron chi connectivity index (χ3n) is 3.96. The Morgan fingerprint density at radius 3 is 2.63 bits per heavy atom. The van der Waals surface area contributed by atoms with Crippen LogP contribution in [0.4, 0.5) is 0 Å². The van der Waals surface area contributed by atoms with Crippen LogP contribution >= 0.6 is 0 Å². The molecule has 1 saturated carbocycles. The SMILES string of the molecule is COC[C@H](N=CCC1CCCCC1)c1ccccc1. The molecule has 0 aliphatic heterocycles. The van der Waals surface area contributed by atoms with Crippen molar-refractivity contribution in [1.29, 1.82) is 0 Å². The molecule has 1 fully saturated rings. The van der Waals surface area contributed by atoms with Gasteiger partial charge in [0, 0.05) is 7.11 Å². The molecule has 1 aromatic rings. The second kappa shape index (κ2) is 8.11. The predicted octanol–water partition coefficient (Wildman–Crippen LogP) is 4.42. The Hall–Kier alpha value is -1.15. The number of ether oxygens (including phenoxy) is 1. The fraction of sp³-hybridized carbons (Fsp3) is 0.588. The van der Waals surface area contributed by atoms with Gasteiger partial charge >= 0.3 is 0 Å². The van der Waals surface area contributed by atoms with E-state index in [0.29, 0.717) is 6.61 Å². The molecule has 0 N–H and O–H groups in total. The van der Waals surface area contributed by atoms with Gasteiger partial charge in [-0.05, 0) is 24.1 Å². The van der Waals surface area contributed by atoms with E-state index in [0.717, 1.165) is 12.3 Å². The van der Waals surface area contributed by atoms with Gasteiger partial charge in [-0.2, -0.15) is 0 Å². The Bertz CT molecular complexity index is 368. The molecule has 104 valence electrons. The molecule has 0 saturated heterocycles. The maximum absolute atomic E-state index is 5.29. The van der Waals surface area contributed by atoms with Gasteiger partial charge in [0.1, 0.15) is 0 Å². The normalized spacial score (nSPS) is 18.8. The van der Waals surface area contributed by atoms with E-state index in [1.165, 1.54) is 37.7 Å². The summed E-state index contributed by atoms with van der Waals surface area (Å²) >= 11 is 0. The van der Waals surface area contributed by atoms with Crippen molar-refractivity contribution in [1.82, 2.24) is 0 Å². The van der Waals surface area contributed by atoms with E-state index in [9.17, 15) is 0 Å². The lowest BCUT2D eigenvalue weighted by Gasteiger charge is -2.19. The fourth-order valence-electron chi connectivity index (χ4n) is 2.82. The molecular formula is C17H25NO. The Morgan fingerprint density at radius 1 is 1.21 bits per heavy atom. The zero-order chi connectivity index (χ0) is 13.3. The average molecular weight is 259 g/mol. The summed E-state index contributed by atoms with van der Waals surface area (Å²) in [5.74, 6) is 0.858. The first-order valence-corrected chi connectivity index (χ1v) is 7.45. The Morgan fingerprint density at radius 2 is 1.95 bits per heavy atom. The summed E-state index contributed by atoms with van der Waals surface area (Å²) in [5, 5.41) is 0. The summed E-state index contributed by atoms with van der Waals surface area (Å²) in [4.78, 5) is 4.73. The predicted molar refractivity (Wildman–Crippen MR) is 80.7 cm³/mol. The third kappa shape index (κ3) is 4.79. The van der Waals surface area contributed by atoms with Crippen LogP contribution in [0.2, 0.25) is 0 Å². The van der Waals surface area contributed by atoms with E-state index in [1.54, 1.807) is 7.11 Å². The summed E-state index contributed by atoms with van der Waals surface area (Å²) in [7, 11) is 1.74. The number of hydrogen-bond donors (Lipinski definition) is 0. The van der Waals surface area contributed by atoms with E-state index in [4.69, 9.17) is 9.73 Å². The highest BCUT2D eigenvalue weighted by atomic mass is 16.5. The van der Waals surface area contributed by atoms with Crippen molar-refractivity contribution in [3.05, 3.63) is 35.9 Å². The van der Waals surface area contributed by atoms with E-state index >= 15 is 0 Å². The minimum atomic E-state index is 0.148. The molecule has 1 aliphatic carbocycles. The van der Waals surface area contributed by atoms with Gasteiger partial charge in [0.15, 0.2) is 0 Å². The van der Waals surface area contributed by atoms with Crippen LogP contribution in [-0.2, 0) is 4.74 Å². The quantitative estimate of drug-likeness (QED) is 0.693. The lowest BCUT2D eigenvalue weighted by Crippen LogP contribution is -2.08. The highest BCUT2D eigenvalue weighted by Crippen LogP contribution is 2.26. The molecule has 2 heteroatoms. The molecule has 0 bridgehead atoms. The standard InChI is InChI=1S/C17H25NO/c1-19-14-17(16-10-6-3-7-11-16)18-13-12-15-8-4-2-5-9-15/h3,6-7,10-11,13,15,17H,2,4-5,8-9,12,14H2,1H3/t17-/m0/s1. The highest BCUT2D eigenvalue weighted by molar-refractivity contribution is 5.58. The monoisotopic (exact) mass is 259 g/mol. The van der Waals surface area contributed by atoms with Gasteiger partial charge in [0.2, 0.25) is 0 Å². The van der Waals surface area contributed by atoms with E-state index in [-0.39, 0.29) is 6.04 Å². The van der Waals surface area contributed by atoms with Crippen LogP contribution in [0.15, 0.2) is 35.3 Å².